The Morgan fingerprint density at radius 3 is 2.43 bits per heavy atom. The second kappa shape index (κ2) is 6.65. The second-order valence-corrected chi connectivity index (χ2v) is 4.73. The van der Waals surface area contributed by atoms with Crippen molar-refractivity contribution in [3.8, 4) is 11.1 Å². The van der Waals surface area contributed by atoms with Gasteiger partial charge in [-0.3, -0.25) is 9.78 Å². The van der Waals surface area contributed by atoms with Crippen molar-refractivity contribution in [2.75, 3.05) is 0 Å². The summed E-state index contributed by atoms with van der Waals surface area (Å²) in [6.07, 6.45) is 3.73. The quantitative estimate of drug-likeness (QED) is 0.878. The monoisotopic (exact) mass is 284 g/mol. The van der Waals surface area contributed by atoms with Crippen molar-refractivity contribution in [2.24, 2.45) is 0 Å². The molecule has 0 bridgehead atoms. The molecule has 0 saturated heterocycles. The van der Waals surface area contributed by atoms with E-state index in [1.54, 1.807) is 12.4 Å². The molecule has 5 heteroatoms. The molecule has 1 amide bonds. The van der Waals surface area contributed by atoms with Gasteiger partial charge in [-0.2, -0.15) is 0 Å². The van der Waals surface area contributed by atoms with Gasteiger partial charge in [-0.15, -0.1) is 0 Å². The SMILES string of the molecule is CC(=O)N[C@@H](Cc1ccc(-c2cccnc2)cc1)C(=O)O. The van der Waals surface area contributed by atoms with Crippen LogP contribution in [0.25, 0.3) is 11.1 Å². The van der Waals surface area contributed by atoms with Crippen molar-refractivity contribution in [2.45, 2.75) is 19.4 Å². The maximum atomic E-state index is 11.1. The number of carboxylic acids is 1. The summed E-state index contributed by atoms with van der Waals surface area (Å²) < 4.78 is 0. The van der Waals surface area contributed by atoms with E-state index >= 15 is 0 Å². The molecule has 2 rings (SSSR count). The summed E-state index contributed by atoms with van der Waals surface area (Å²) in [5.74, 6) is -1.39. The summed E-state index contributed by atoms with van der Waals surface area (Å²) in [4.78, 5) is 26.2. The molecular weight excluding hydrogens is 268 g/mol. The molecule has 21 heavy (non-hydrogen) atoms. The first-order chi connectivity index (χ1) is 10.1. The largest absolute Gasteiger partial charge is 0.480 e. The molecule has 1 atom stereocenters. The van der Waals surface area contributed by atoms with Gasteiger partial charge in [-0.05, 0) is 22.8 Å². The number of hydrogen-bond donors (Lipinski definition) is 2. The highest BCUT2D eigenvalue weighted by atomic mass is 16.4. The van der Waals surface area contributed by atoms with Gasteiger partial charge in [0.25, 0.3) is 0 Å². The molecule has 0 unspecified atom stereocenters. The van der Waals surface area contributed by atoms with Gasteiger partial charge >= 0.3 is 5.97 Å². The van der Waals surface area contributed by atoms with Crippen LogP contribution in [0.15, 0.2) is 48.8 Å². The average molecular weight is 284 g/mol. The smallest absolute Gasteiger partial charge is 0.326 e. The number of carboxylic acid groups (broad SMARTS) is 1. The molecule has 2 N–H and O–H groups in total. The predicted octanol–water partition coefficient (Wildman–Crippen LogP) is 1.88. The van der Waals surface area contributed by atoms with Crippen LogP contribution in [0.5, 0.6) is 0 Å². The van der Waals surface area contributed by atoms with E-state index in [0.29, 0.717) is 0 Å². The molecule has 0 aliphatic carbocycles. The Labute approximate surface area is 122 Å². The molecular formula is C16H16N2O3. The van der Waals surface area contributed by atoms with E-state index < -0.39 is 12.0 Å². The number of pyridine rings is 1. The van der Waals surface area contributed by atoms with Crippen LogP contribution in [-0.4, -0.2) is 28.0 Å². The number of carbonyl (C=O) groups is 2. The Morgan fingerprint density at radius 2 is 1.90 bits per heavy atom. The lowest BCUT2D eigenvalue weighted by Crippen LogP contribution is -2.41. The molecule has 0 saturated carbocycles. The summed E-state index contributed by atoms with van der Waals surface area (Å²) in [5.41, 5.74) is 2.86. The van der Waals surface area contributed by atoms with Gasteiger partial charge in [-0.1, -0.05) is 30.3 Å². The van der Waals surface area contributed by atoms with Crippen molar-refractivity contribution in [3.63, 3.8) is 0 Å². The number of rotatable bonds is 5. The Morgan fingerprint density at radius 1 is 1.19 bits per heavy atom. The third-order valence-corrected chi connectivity index (χ3v) is 3.06. The van der Waals surface area contributed by atoms with Crippen LogP contribution in [-0.2, 0) is 16.0 Å². The fourth-order valence-corrected chi connectivity index (χ4v) is 2.05. The van der Waals surface area contributed by atoms with Gasteiger partial charge in [0.1, 0.15) is 6.04 Å². The van der Waals surface area contributed by atoms with Gasteiger partial charge in [0.15, 0.2) is 0 Å². The van der Waals surface area contributed by atoms with Crippen LogP contribution in [0, 0.1) is 0 Å². The zero-order valence-corrected chi connectivity index (χ0v) is 11.6. The number of aliphatic carboxylic acids is 1. The Kier molecular flexibility index (Phi) is 4.66. The lowest BCUT2D eigenvalue weighted by atomic mass is 10.0. The van der Waals surface area contributed by atoms with Crippen LogP contribution in [0.1, 0.15) is 12.5 Å². The molecule has 1 heterocycles. The maximum Gasteiger partial charge on any atom is 0.326 e. The molecule has 108 valence electrons. The maximum absolute atomic E-state index is 11.1. The van der Waals surface area contributed by atoms with E-state index in [1.807, 2.05) is 36.4 Å². The summed E-state index contributed by atoms with van der Waals surface area (Å²) >= 11 is 0. The summed E-state index contributed by atoms with van der Waals surface area (Å²) in [6, 6.07) is 10.5. The number of carbonyl (C=O) groups excluding carboxylic acids is 1. The summed E-state index contributed by atoms with van der Waals surface area (Å²) in [7, 11) is 0. The molecule has 2 aromatic rings. The normalized spacial score (nSPS) is 11.7. The first-order valence-corrected chi connectivity index (χ1v) is 6.55. The van der Waals surface area contributed by atoms with Gasteiger partial charge in [-0.25, -0.2) is 4.79 Å². The van der Waals surface area contributed by atoms with Crippen LogP contribution < -0.4 is 5.32 Å². The van der Waals surface area contributed by atoms with E-state index in [-0.39, 0.29) is 12.3 Å². The van der Waals surface area contributed by atoms with E-state index in [4.69, 9.17) is 5.11 Å². The Bertz CT molecular complexity index is 624. The summed E-state index contributed by atoms with van der Waals surface area (Å²) in [6.45, 7) is 1.31. The summed E-state index contributed by atoms with van der Waals surface area (Å²) in [5, 5.41) is 11.5. The zero-order chi connectivity index (χ0) is 15.2. The van der Waals surface area contributed by atoms with E-state index in [2.05, 4.69) is 10.3 Å². The molecule has 0 aliphatic rings. The van der Waals surface area contributed by atoms with Crippen LogP contribution >= 0.6 is 0 Å². The zero-order valence-electron chi connectivity index (χ0n) is 11.6. The standard InChI is InChI=1S/C16H16N2O3/c1-11(19)18-15(16(20)21)9-12-4-6-13(7-5-12)14-3-2-8-17-10-14/h2-8,10,15H,9H2,1H3,(H,18,19)(H,20,21)/t15-/m0/s1. The van der Waals surface area contributed by atoms with Crippen molar-refractivity contribution >= 4 is 11.9 Å². The number of nitrogens with one attached hydrogen (secondary N) is 1. The fourth-order valence-electron chi connectivity index (χ4n) is 2.05. The van der Waals surface area contributed by atoms with Crippen LogP contribution in [0.4, 0.5) is 0 Å². The van der Waals surface area contributed by atoms with Gasteiger partial charge in [0.05, 0.1) is 0 Å². The Balaban J connectivity index is 2.11. The van der Waals surface area contributed by atoms with Gasteiger partial charge in [0, 0.05) is 25.7 Å². The third-order valence-electron chi connectivity index (χ3n) is 3.06. The highest BCUT2D eigenvalue weighted by molar-refractivity contribution is 5.82. The van der Waals surface area contributed by atoms with E-state index in [9.17, 15) is 9.59 Å². The van der Waals surface area contributed by atoms with Crippen LogP contribution in [0.2, 0.25) is 0 Å². The molecule has 0 radical (unpaired) electrons. The number of amides is 1. The molecule has 0 fully saturated rings. The van der Waals surface area contributed by atoms with E-state index in [0.717, 1.165) is 16.7 Å². The predicted molar refractivity (Wildman–Crippen MR) is 78.6 cm³/mol. The number of hydrogen-bond acceptors (Lipinski definition) is 3. The average Bonchev–Trinajstić information content (AvgIpc) is 2.48. The Hall–Kier alpha value is -2.69. The molecule has 1 aromatic carbocycles. The first kappa shape index (κ1) is 14.7. The minimum Gasteiger partial charge on any atom is -0.480 e. The fraction of sp³-hybridized carbons (Fsp3) is 0.188. The molecule has 0 aliphatic heterocycles. The van der Waals surface area contributed by atoms with Crippen LogP contribution in [0.3, 0.4) is 0 Å². The molecule has 5 nitrogen and oxygen atoms in total. The third kappa shape index (κ3) is 4.14. The number of aromatic nitrogens is 1. The minimum atomic E-state index is -1.04. The highest BCUT2D eigenvalue weighted by Crippen LogP contribution is 2.18. The topological polar surface area (TPSA) is 79.3 Å². The highest BCUT2D eigenvalue weighted by Gasteiger charge is 2.18. The molecule has 0 spiro atoms. The lowest BCUT2D eigenvalue weighted by molar-refractivity contribution is -0.141. The minimum absolute atomic E-state index is 0.252. The van der Waals surface area contributed by atoms with Crippen molar-refractivity contribution in [3.05, 3.63) is 54.4 Å². The lowest BCUT2D eigenvalue weighted by Gasteiger charge is -2.13. The number of benzene rings is 1. The first-order valence-electron chi connectivity index (χ1n) is 6.55. The number of nitrogens with zero attached hydrogens (tertiary/aromatic N) is 1. The van der Waals surface area contributed by atoms with Crippen molar-refractivity contribution < 1.29 is 14.7 Å². The van der Waals surface area contributed by atoms with Gasteiger partial charge in [0.2, 0.25) is 5.91 Å². The second-order valence-electron chi connectivity index (χ2n) is 4.73. The van der Waals surface area contributed by atoms with Crippen molar-refractivity contribution in [1.82, 2.24) is 10.3 Å². The van der Waals surface area contributed by atoms with Gasteiger partial charge < -0.3 is 10.4 Å². The van der Waals surface area contributed by atoms with E-state index in [1.165, 1.54) is 6.92 Å². The van der Waals surface area contributed by atoms with Crippen molar-refractivity contribution in [1.29, 1.82) is 0 Å². The molecule has 1 aromatic heterocycles.